The molecule has 4 aliphatic rings. The summed E-state index contributed by atoms with van der Waals surface area (Å²) in [6.45, 7) is 0. The lowest BCUT2D eigenvalue weighted by molar-refractivity contribution is -0.193. The summed E-state index contributed by atoms with van der Waals surface area (Å²) in [7, 11) is 2.12. The van der Waals surface area contributed by atoms with Gasteiger partial charge in [0.05, 0.1) is 0 Å². The van der Waals surface area contributed by atoms with Crippen molar-refractivity contribution in [1.29, 1.82) is 0 Å². The lowest BCUT2D eigenvalue weighted by Crippen LogP contribution is -2.58. The Bertz CT molecular complexity index is 743. The first-order valence-electron chi connectivity index (χ1n) is 8.58. The van der Waals surface area contributed by atoms with Crippen molar-refractivity contribution in [2.45, 2.75) is 37.8 Å². The van der Waals surface area contributed by atoms with Gasteiger partial charge >= 0.3 is 0 Å². The van der Waals surface area contributed by atoms with E-state index in [0.29, 0.717) is 5.92 Å². The number of pyridine rings is 1. The van der Waals surface area contributed by atoms with Crippen molar-refractivity contribution in [3.8, 4) is 0 Å². The van der Waals surface area contributed by atoms with Crippen molar-refractivity contribution in [2.75, 3.05) is 12.2 Å². The number of hydrogen-bond donors (Lipinski definition) is 1. The predicted molar refractivity (Wildman–Crippen MR) is 89.0 cm³/mol. The van der Waals surface area contributed by atoms with E-state index in [9.17, 15) is 0 Å². The molecule has 1 aromatic heterocycles. The molecule has 1 unspecified atom stereocenters. The lowest BCUT2D eigenvalue weighted by atomic mass is 9.65. The first-order chi connectivity index (χ1) is 11.3. The Hall–Kier alpha value is -1.69. The Balaban J connectivity index is 1.49. The molecule has 3 saturated carbocycles. The minimum atomic E-state index is -0.200. The summed E-state index contributed by atoms with van der Waals surface area (Å²) < 4.78 is 0. The molecule has 120 valence electrons. The fourth-order valence-corrected chi connectivity index (χ4v) is 4.73. The van der Waals surface area contributed by atoms with Crippen molar-refractivity contribution in [1.82, 2.24) is 15.6 Å². The third-order valence-electron chi connectivity index (χ3n) is 6.06. The molecule has 3 aliphatic carbocycles. The SMILES string of the molecule is CN1N(c2cc3ccccc3cn2)NOC12CC1CCC2CC1. The Morgan fingerprint density at radius 1 is 1.17 bits per heavy atom. The van der Waals surface area contributed by atoms with E-state index in [2.05, 4.69) is 46.9 Å². The number of anilines is 1. The van der Waals surface area contributed by atoms with E-state index >= 15 is 0 Å². The summed E-state index contributed by atoms with van der Waals surface area (Å²) in [5.41, 5.74) is 2.93. The number of nitrogens with zero attached hydrogens (tertiary/aromatic N) is 3. The van der Waals surface area contributed by atoms with Crippen LogP contribution in [0.5, 0.6) is 0 Å². The lowest BCUT2D eigenvalue weighted by Gasteiger charge is -2.50. The van der Waals surface area contributed by atoms with E-state index in [4.69, 9.17) is 4.84 Å². The number of hydrazine groups is 2. The van der Waals surface area contributed by atoms with E-state index in [0.717, 1.165) is 23.5 Å². The maximum absolute atomic E-state index is 6.17. The first kappa shape index (κ1) is 13.7. The summed E-state index contributed by atoms with van der Waals surface area (Å²) in [4.78, 5) is 10.8. The minimum absolute atomic E-state index is 0.200. The van der Waals surface area contributed by atoms with Gasteiger partial charge in [-0.3, -0.25) is 4.84 Å². The largest absolute Gasteiger partial charge is 0.256 e. The zero-order valence-corrected chi connectivity index (χ0v) is 13.4. The summed E-state index contributed by atoms with van der Waals surface area (Å²) in [5.74, 6) is 2.29. The van der Waals surface area contributed by atoms with Gasteiger partial charge in [-0.05, 0) is 49.5 Å². The maximum Gasteiger partial charge on any atom is 0.165 e. The molecule has 0 amide bonds. The van der Waals surface area contributed by atoms with E-state index in [-0.39, 0.29) is 5.72 Å². The van der Waals surface area contributed by atoms with Crippen LogP contribution in [0.2, 0.25) is 0 Å². The summed E-state index contributed by atoms with van der Waals surface area (Å²) >= 11 is 0. The predicted octanol–water partition coefficient (Wildman–Crippen LogP) is 3.24. The van der Waals surface area contributed by atoms with Crippen molar-refractivity contribution in [3.63, 3.8) is 0 Å². The molecule has 2 heterocycles. The van der Waals surface area contributed by atoms with Gasteiger partial charge in [-0.1, -0.05) is 29.9 Å². The zero-order chi connectivity index (χ0) is 15.4. The molecule has 6 rings (SSSR count). The van der Waals surface area contributed by atoms with Crippen molar-refractivity contribution >= 4 is 16.6 Å². The number of benzene rings is 1. The van der Waals surface area contributed by atoms with E-state index in [1.54, 1.807) is 0 Å². The number of hydrogen-bond acceptors (Lipinski definition) is 5. The molecule has 1 aromatic carbocycles. The van der Waals surface area contributed by atoms with Crippen LogP contribution in [-0.2, 0) is 4.84 Å². The maximum atomic E-state index is 6.17. The molecule has 4 fully saturated rings. The molecule has 1 spiro atoms. The Morgan fingerprint density at radius 3 is 2.70 bits per heavy atom. The Kier molecular flexibility index (Phi) is 2.92. The highest BCUT2D eigenvalue weighted by Gasteiger charge is 2.56. The second-order valence-electron chi connectivity index (χ2n) is 7.18. The van der Waals surface area contributed by atoms with E-state index in [1.165, 1.54) is 31.1 Å². The number of nitrogens with one attached hydrogen (secondary N) is 1. The average Bonchev–Trinajstić information content (AvgIpc) is 2.92. The van der Waals surface area contributed by atoms with E-state index in [1.807, 2.05) is 17.4 Å². The van der Waals surface area contributed by atoms with Crippen LogP contribution in [0.25, 0.3) is 10.8 Å². The molecule has 23 heavy (non-hydrogen) atoms. The van der Waals surface area contributed by atoms with Crippen LogP contribution in [0.15, 0.2) is 36.5 Å². The molecule has 5 heteroatoms. The average molecular weight is 310 g/mol. The molecule has 1 atom stereocenters. The molecule has 1 saturated heterocycles. The number of fused-ring (bicyclic) bond motifs is 3. The van der Waals surface area contributed by atoms with Crippen LogP contribution in [0, 0.1) is 11.8 Å². The van der Waals surface area contributed by atoms with Gasteiger partial charge in [-0.25, -0.2) is 4.98 Å². The van der Waals surface area contributed by atoms with Crippen molar-refractivity contribution in [2.24, 2.45) is 11.8 Å². The van der Waals surface area contributed by atoms with E-state index < -0.39 is 0 Å². The Labute approximate surface area is 136 Å². The van der Waals surface area contributed by atoms with Gasteiger partial charge in [0.1, 0.15) is 0 Å². The van der Waals surface area contributed by atoms with Crippen molar-refractivity contribution < 1.29 is 4.84 Å². The molecule has 2 aromatic rings. The van der Waals surface area contributed by atoms with Crippen LogP contribution in [0.4, 0.5) is 5.82 Å². The topological polar surface area (TPSA) is 40.6 Å². The molecule has 1 N–H and O–H groups in total. The summed E-state index contributed by atoms with van der Waals surface area (Å²) in [6, 6.07) is 10.4. The number of rotatable bonds is 1. The van der Waals surface area contributed by atoms with Gasteiger partial charge < -0.3 is 0 Å². The van der Waals surface area contributed by atoms with Gasteiger partial charge in [0.2, 0.25) is 0 Å². The molecule has 2 bridgehead atoms. The molecule has 1 aliphatic heterocycles. The fraction of sp³-hybridized carbons (Fsp3) is 0.500. The van der Waals surface area contributed by atoms with Crippen LogP contribution in [0.1, 0.15) is 32.1 Å². The van der Waals surface area contributed by atoms with Crippen LogP contribution in [0.3, 0.4) is 0 Å². The highest BCUT2D eigenvalue weighted by Crippen LogP contribution is 2.52. The first-order valence-corrected chi connectivity index (χ1v) is 8.58. The van der Waals surface area contributed by atoms with Crippen molar-refractivity contribution in [3.05, 3.63) is 36.5 Å². The zero-order valence-electron chi connectivity index (χ0n) is 13.4. The van der Waals surface area contributed by atoms with Crippen LogP contribution >= 0.6 is 0 Å². The normalized spacial score (nSPS) is 33.9. The highest BCUT2D eigenvalue weighted by molar-refractivity contribution is 5.83. The summed E-state index contributed by atoms with van der Waals surface area (Å²) in [6.07, 6.45) is 8.31. The Morgan fingerprint density at radius 2 is 1.96 bits per heavy atom. The van der Waals surface area contributed by atoms with Gasteiger partial charge in [0, 0.05) is 24.5 Å². The molecular formula is C18H22N4O. The standard InChI is InChI=1S/C18H22N4O/c1-21-18(11-13-6-8-16(18)9-7-13)23-20-22(21)17-10-14-4-2-3-5-15(14)12-19-17/h2-5,10,12-13,16,20H,6-9,11H2,1H3. The third-order valence-corrected chi connectivity index (χ3v) is 6.06. The van der Waals surface area contributed by atoms with Gasteiger partial charge in [-0.2, -0.15) is 10.1 Å². The number of aromatic nitrogens is 1. The van der Waals surface area contributed by atoms with Crippen LogP contribution < -0.4 is 10.7 Å². The second kappa shape index (κ2) is 4.90. The molecule has 0 radical (unpaired) electrons. The minimum Gasteiger partial charge on any atom is -0.256 e. The van der Waals surface area contributed by atoms with Gasteiger partial charge in [0.25, 0.3) is 0 Å². The highest BCUT2D eigenvalue weighted by atomic mass is 16.8. The second-order valence-corrected chi connectivity index (χ2v) is 7.18. The monoisotopic (exact) mass is 310 g/mol. The smallest absolute Gasteiger partial charge is 0.165 e. The molecular weight excluding hydrogens is 288 g/mol. The van der Waals surface area contributed by atoms with Crippen LogP contribution in [-0.4, -0.2) is 22.8 Å². The molecule has 5 nitrogen and oxygen atoms in total. The van der Waals surface area contributed by atoms with Gasteiger partial charge in [-0.15, -0.1) is 0 Å². The third kappa shape index (κ3) is 1.94. The van der Waals surface area contributed by atoms with Gasteiger partial charge in [0.15, 0.2) is 11.5 Å². The quantitative estimate of drug-likeness (QED) is 0.875. The fourth-order valence-electron chi connectivity index (χ4n) is 4.73. The summed E-state index contributed by atoms with van der Waals surface area (Å²) in [5, 5.41) is 6.55.